The highest BCUT2D eigenvalue weighted by Gasteiger charge is 2.55. The first kappa shape index (κ1) is 51.3. The molecule has 10 atom stereocenters. The highest BCUT2D eigenvalue weighted by atomic mass is 31.2. The van der Waals surface area contributed by atoms with Gasteiger partial charge < -0.3 is 39.4 Å². The van der Waals surface area contributed by atoms with Crippen LogP contribution in [0.4, 0.5) is 16.6 Å². The zero-order valence-electron chi connectivity index (χ0n) is 38.9. The topological polar surface area (TPSA) is 360 Å². The summed E-state index contributed by atoms with van der Waals surface area (Å²) in [6, 6.07) is 8.38. The molecule has 8 rings (SSSR count). The number of phosphoric acid groups is 2. The normalized spacial score (nSPS) is 28.1. The number of hydrogen-bond donors (Lipinski definition) is 6. The van der Waals surface area contributed by atoms with Gasteiger partial charge in [-0.15, -0.1) is 0 Å². The van der Waals surface area contributed by atoms with E-state index in [2.05, 4.69) is 45.9 Å². The molecule has 0 saturated carbocycles. The number of alkyl carbamates (subject to hydrolysis) is 1. The van der Waals surface area contributed by atoms with Crippen molar-refractivity contribution in [3.05, 3.63) is 65.2 Å². The predicted octanol–water partition coefficient (Wildman–Crippen LogP) is 3.47. The van der Waals surface area contributed by atoms with Crippen LogP contribution in [-0.4, -0.2) is 129 Å². The van der Waals surface area contributed by atoms with Crippen molar-refractivity contribution >= 4 is 73.6 Å². The number of ether oxygens (including phenoxy) is 4. The van der Waals surface area contributed by atoms with E-state index in [4.69, 9.17) is 37.0 Å². The number of H-pyrrole nitrogens is 1. The number of nitrogens with one attached hydrogen (secondary N) is 4. The van der Waals surface area contributed by atoms with Gasteiger partial charge in [-0.25, -0.2) is 33.9 Å². The van der Waals surface area contributed by atoms with Crippen LogP contribution in [-0.2, 0) is 55.8 Å². The molecule has 30 heteroatoms. The summed E-state index contributed by atoms with van der Waals surface area (Å²) in [7, 11) is -10.4. The third-order valence-corrected chi connectivity index (χ3v) is 13.1. The number of carbonyl (C=O) groups excluding carboxylic acids is 4. The largest absolute Gasteiger partial charge is 0.472 e. The van der Waals surface area contributed by atoms with E-state index < -0.39 is 119 Å². The molecular weight excluding hydrogens is 980 g/mol. The van der Waals surface area contributed by atoms with Crippen LogP contribution in [0, 0.1) is 11.8 Å². The lowest BCUT2D eigenvalue weighted by atomic mass is 10.0. The molecule has 28 nitrogen and oxygen atoms in total. The number of carbonyl (C=O) groups is 4. The number of aromatic nitrogens is 8. The molecule has 2 unspecified atom stereocenters. The minimum absolute atomic E-state index is 0.0722. The van der Waals surface area contributed by atoms with Crippen molar-refractivity contribution in [3.63, 3.8) is 0 Å². The smallest absolute Gasteiger partial charge is 0.460 e. The summed E-state index contributed by atoms with van der Waals surface area (Å²) in [5, 5.41) is 7.68. The van der Waals surface area contributed by atoms with Crippen molar-refractivity contribution in [2.75, 3.05) is 30.4 Å². The second-order valence-electron chi connectivity index (χ2n) is 17.9. The van der Waals surface area contributed by atoms with Crippen LogP contribution < -0.4 is 21.5 Å². The lowest BCUT2D eigenvalue weighted by Gasteiger charge is -2.29. The Hall–Kier alpha value is -6.06. The molecule has 3 aliphatic heterocycles. The van der Waals surface area contributed by atoms with E-state index in [1.165, 1.54) is 17.2 Å². The second-order valence-corrected chi connectivity index (χ2v) is 20.7. The summed E-state index contributed by atoms with van der Waals surface area (Å²) in [4.78, 5) is 111. The fourth-order valence-corrected chi connectivity index (χ4v) is 9.82. The first-order valence-electron chi connectivity index (χ1n) is 22.2. The molecule has 4 aromatic heterocycles. The van der Waals surface area contributed by atoms with E-state index in [0.29, 0.717) is 5.56 Å². The van der Waals surface area contributed by atoms with Crippen molar-refractivity contribution in [3.8, 4) is 0 Å². The van der Waals surface area contributed by atoms with E-state index in [9.17, 15) is 42.9 Å². The number of benzene rings is 1. The summed E-state index contributed by atoms with van der Waals surface area (Å²) >= 11 is 0. The van der Waals surface area contributed by atoms with Gasteiger partial charge in [-0.05, 0) is 39.3 Å². The van der Waals surface area contributed by atoms with E-state index in [-0.39, 0.29) is 53.5 Å². The summed E-state index contributed by atoms with van der Waals surface area (Å²) in [5.41, 5.74) is -1.32. The Morgan fingerprint density at radius 1 is 0.873 bits per heavy atom. The van der Waals surface area contributed by atoms with Crippen LogP contribution in [0.25, 0.3) is 22.3 Å². The van der Waals surface area contributed by atoms with Gasteiger partial charge in [-0.3, -0.25) is 56.7 Å². The second kappa shape index (κ2) is 20.6. The van der Waals surface area contributed by atoms with Gasteiger partial charge in [0, 0.05) is 30.4 Å². The Balaban J connectivity index is 1.06. The zero-order chi connectivity index (χ0) is 51.0. The van der Waals surface area contributed by atoms with Crippen LogP contribution >= 0.6 is 15.6 Å². The highest BCUT2D eigenvalue weighted by Crippen LogP contribution is 2.55. The minimum atomic E-state index is -5.29. The lowest BCUT2D eigenvalue weighted by molar-refractivity contribution is -0.154. The number of nitrogens with zero attached hydrogens (tertiary/aromatic N) is 7. The summed E-state index contributed by atoms with van der Waals surface area (Å²) in [6.45, 7) is 8.10. The Morgan fingerprint density at radius 2 is 1.51 bits per heavy atom. The maximum Gasteiger partial charge on any atom is 0.472 e. The summed E-state index contributed by atoms with van der Waals surface area (Å²) < 4.78 is 76.4. The van der Waals surface area contributed by atoms with E-state index >= 15 is 0 Å². The van der Waals surface area contributed by atoms with Crippen LogP contribution in [0.15, 0.2) is 54.1 Å². The fourth-order valence-electron chi connectivity index (χ4n) is 7.83. The van der Waals surface area contributed by atoms with Crippen molar-refractivity contribution < 1.29 is 75.1 Å². The maximum atomic E-state index is 14.0. The van der Waals surface area contributed by atoms with Crippen LogP contribution in [0.2, 0.25) is 0 Å². The number of anilines is 2. The number of esters is 1. The average molecular weight is 1030 g/mol. The molecule has 3 aliphatic rings. The molecule has 382 valence electrons. The molecule has 3 fully saturated rings. The van der Waals surface area contributed by atoms with Gasteiger partial charge in [0.15, 0.2) is 40.5 Å². The lowest BCUT2D eigenvalue weighted by Crippen LogP contribution is -2.42. The summed E-state index contributed by atoms with van der Waals surface area (Å²) in [6.07, 6.45) is -8.24. The van der Waals surface area contributed by atoms with Gasteiger partial charge in [0.1, 0.15) is 42.6 Å². The minimum Gasteiger partial charge on any atom is -0.460 e. The zero-order valence-corrected chi connectivity index (χ0v) is 40.7. The fraction of sp³-hybridized carbons (Fsp3) is 0.512. The van der Waals surface area contributed by atoms with Crippen molar-refractivity contribution in [2.45, 2.75) is 103 Å². The molecule has 6 N–H and O–H groups in total. The van der Waals surface area contributed by atoms with Gasteiger partial charge in [-0.2, -0.15) is 4.98 Å². The number of fused-ring (bicyclic) bond motifs is 4. The van der Waals surface area contributed by atoms with Crippen LogP contribution in [0.5, 0.6) is 0 Å². The number of hydrogen-bond acceptors (Lipinski definition) is 20. The molecule has 1 aromatic carbocycles. The summed E-state index contributed by atoms with van der Waals surface area (Å²) in [5.74, 6) is -3.07. The number of amides is 3. The van der Waals surface area contributed by atoms with E-state index in [1.54, 1.807) is 71.9 Å². The molecule has 71 heavy (non-hydrogen) atoms. The van der Waals surface area contributed by atoms with Gasteiger partial charge in [0.05, 0.1) is 25.9 Å². The van der Waals surface area contributed by atoms with Crippen molar-refractivity contribution in [2.24, 2.45) is 11.8 Å². The number of imidazole rings is 2. The number of rotatable bonds is 11. The van der Waals surface area contributed by atoms with Gasteiger partial charge in [0.25, 0.3) is 11.5 Å². The predicted molar refractivity (Wildman–Crippen MR) is 243 cm³/mol. The quantitative estimate of drug-likeness (QED) is 0.0626. The first-order chi connectivity index (χ1) is 33.6. The molecule has 0 aliphatic carbocycles. The molecule has 0 spiro atoms. The SMILES string of the molecule is CC(C)C(=O)Nc1nc2c(ncn2[C@@H]2O[C@@H]3COP(=O)(O)O[C@H]4[C@@H](C)[C@H](n5cnc6c(NC(=O)c7ccccc7)ncnc65)O[C@@H]4COP(=O)(O)O[C@H]3[C@H]2OC(=O)NCCCC(=O)OC(C)(C)C)c(=O)[nH]1. The molecule has 7 heterocycles. The van der Waals surface area contributed by atoms with Crippen LogP contribution in [0.3, 0.4) is 0 Å². The Bertz CT molecular complexity index is 2960. The van der Waals surface area contributed by atoms with Gasteiger partial charge >= 0.3 is 27.7 Å². The Kier molecular flexibility index (Phi) is 14.9. The molecule has 0 bridgehead atoms. The Morgan fingerprint density at radius 3 is 2.18 bits per heavy atom. The van der Waals surface area contributed by atoms with Gasteiger partial charge in [-0.1, -0.05) is 39.0 Å². The number of aromatic amines is 1. The average Bonchev–Trinajstić information content (AvgIpc) is 4.07. The van der Waals surface area contributed by atoms with E-state index in [0.717, 1.165) is 10.9 Å². The molecule has 3 amide bonds. The third kappa shape index (κ3) is 11.8. The highest BCUT2D eigenvalue weighted by molar-refractivity contribution is 7.47. The standard InChI is InChI=1S/C41H51N11O17P2/c1-20(2)34(54)49-39-48-33-27(36(56)50-39)46-19-52(33)38-30(66-40(57)42-14-10-13-25(53)67-41(4,5)6)29-24(65-38)16-63-70(58,59)68-28-21(3)37(64-23(28)15-62-71(60,61)69-29)51-18-45-26-31(43-17-44-32(26)51)47-35(55)22-11-8-7-9-12-22/h7-9,11-12,17-21,23-24,28-30,37-38H,10,13-16H2,1-6H3,(H,42,57)(H,58,59)(H,60,61)(H,43,44,47,55)(H2,48,49,50,54,56)/t21-,23-,24-,28+,29-,30-,37-,38-/m1/s1. The van der Waals surface area contributed by atoms with Crippen molar-refractivity contribution in [1.82, 2.24) is 44.4 Å². The van der Waals surface area contributed by atoms with Gasteiger partial charge in [0.2, 0.25) is 11.9 Å². The van der Waals surface area contributed by atoms with E-state index in [1.807, 2.05) is 0 Å². The molecule has 5 aromatic rings. The Labute approximate surface area is 402 Å². The monoisotopic (exact) mass is 1030 g/mol. The molecule has 0 radical (unpaired) electrons. The molecule has 3 saturated heterocycles. The maximum absolute atomic E-state index is 14.0. The van der Waals surface area contributed by atoms with Crippen LogP contribution in [0.1, 0.15) is 77.2 Å². The third-order valence-electron chi connectivity index (χ3n) is 11.1. The molecular formula is C41H51N11O17P2. The first-order valence-corrected chi connectivity index (χ1v) is 25.2. The van der Waals surface area contributed by atoms with Crippen molar-refractivity contribution in [1.29, 1.82) is 0 Å². The number of phosphoric ester groups is 2.